The van der Waals surface area contributed by atoms with Gasteiger partial charge in [0.25, 0.3) is 11.8 Å². The van der Waals surface area contributed by atoms with Gasteiger partial charge < -0.3 is 15.0 Å². The summed E-state index contributed by atoms with van der Waals surface area (Å²) in [7, 11) is 0. The Morgan fingerprint density at radius 3 is 2.34 bits per heavy atom. The molecule has 8 nitrogen and oxygen atoms in total. The Balaban J connectivity index is 1.47. The first-order valence-electron chi connectivity index (χ1n) is 10.2. The van der Waals surface area contributed by atoms with E-state index in [1.807, 2.05) is 6.07 Å². The summed E-state index contributed by atoms with van der Waals surface area (Å²) in [4.78, 5) is 53.2. The molecule has 1 N–H and O–H groups in total. The second-order valence-electron chi connectivity index (χ2n) is 7.92. The second-order valence-corrected chi connectivity index (χ2v) is 7.92. The van der Waals surface area contributed by atoms with E-state index in [0.717, 1.165) is 30.6 Å². The minimum Gasteiger partial charge on any atom is -0.446 e. The molecule has 0 aromatic heterocycles. The lowest BCUT2D eigenvalue weighted by atomic mass is 9.98. The number of carbonyl (C=O) groups excluding carboxylic acids is 4. The van der Waals surface area contributed by atoms with E-state index in [1.54, 1.807) is 29.2 Å². The van der Waals surface area contributed by atoms with Crippen LogP contribution in [0, 0.1) is 0 Å². The Kier molecular flexibility index (Phi) is 5.25. The van der Waals surface area contributed by atoms with Gasteiger partial charge in [0.2, 0.25) is 6.10 Å². The van der Waals surface area contributed by atoms with E-state index in [4.69, 9.17) is 4.74 Å². The fraction of sp³-hybridized carbons (Fsp3) is 0.524. The van der Waals surface area contributed by atoms with E-state index in [0.29, 0.717) is 31.5 Å². The number of ether oxygens (including phenoxy) is 1. The maximum Gasteiger partial charge on any atom is 0.327 e. The largest absolute Gasteiger partial charge is 0.446 e. The van der Waals surface area contributed by atoms with E-state index in [9.17, 15) is 19.2 Å². The van der Waals surface area contributed by atoms with E-state index in [-0.39, 0.29) is 11.8 Å². The minimum absolute atomic E-state index is 0.272. The molecule has 8 heteroatoms. The molecule has 3 aliphatic rings. The number of hydrogen-bond acceptors (Lipinski definition) is 5. The molecular formula is C21H25N3O5. The Morgan fingerprint density at radius 2 is 1.69 bits per heavy atom. The predicted molar refractivity (Wildman–Crippen MR) is 103 cm³/mol. The summed E-state index contributed by atoms with van der Waals surface area (Å²) in [5.41, 5.74) is -0.302. The molecule has 1 aliphatic carbocycles. The zero-order chi connectivity index (χ0) is 20.4. The highest BCUT2D eigenvalue weighted by atomic mass is 16.5. The van der Waals surface area contributed by atoms with Crippen molar-refractivity contribution in [3.8, 4) is 0 Å². The summed E-state index contributed by atoms with van der Waals surface area (Å²) < 4.78 is 5.52. The van der Waals surface area contributed by atoms with Crippen molar-refractivity contribution >= 4 is 23.8 Å². The van der Waals surface area contributed by atoms with Crippen LogP contribution in [-0.2, 0) is 19.1 Å². The molecule has 0 unspecified atom stereocenters. The lowest BCUT2D eigenvalue weighted by molar-refractivity contribution is -0.161. The summed E-state index contributed by atoms with van der Waals surface area (Å²) in [5, 5.41) is 2.74. The summed E-state index contributed by atoms with van der Waals surface area (Å²) in [6, 6.07) is 8.25. The summed E-state index contributed by atoms with van der Waals surface area (Å²) in [5.74, 6) is -1.42. The number of hydrogen-bond donors (Lipinski definition) is 1. The first-order valence-corrected chi connectivity index (χ1v) is 10.2. The molecule has 2 heterocycles. The molecule has 1 spiro atoms. The molecule has 4 rings (SSSR count). The van der Waals surface area contributed by atoms with E-state index in [1.165, 1.54) is 0 Å². The van der Waals surface area contributed by atoms with Gasteiger partial charge in [-0.3, -0.25) is 19.3 Å². The van der Waals surface area contributed by atoms with Gasteiger partial charge in [-0.2, -0.15) is 0 Å². The fourth-order valence-corrected chi connectivity index (χ4v) is 4.43. The third-order valence-corrected chi connectivity index (χ3v) is 5.98. The quantitative estimate of drug-likeness (QED) is 0.601. The third-order valence-electron chi connectivity index (χ3n) is 5.98. The number of benzene rings is 1. The Hall–Kier alpha value is -2.90. The lowest BCUT2D eigenvalue weighted by Gasteiger charge is -2.24. The number of likely N-dealkylation sites (tertiary alicyclic amines) is 1. The van der Waals surface area contributed by atoms with Crippen LogP contribution in [0.15, 0.2) is 30.3 Å². The van der Waals surface area contributed by atoms with Gasteiger partial charge in [0.1, 0.15) is 12.1 Å². The van der Waals surface area contributed by atoms with Gasteiger partial charge in [0, 0.05) is 18.7 Å². The molecule has 2 aliphatic heterocycles. The molecule has 1 saturated carbocycles. The molecule has 4 amide bonds. The van der Waals surface area contributed by atoms with Crippen LogP contribution in [0.3, 0.4) is 0 Å². The van der Waals surface area contributed by atoms with Crippen molar-refractivity contribution in [1.82, 2.24) is 15.1 Å². The number of amides is 4. The Bertz CT molecular complexity index is 813. The number of nitrogens with zero attached hydrogens (tertiary/aromatic N) is 2. The van der Waals surface area contributed by atoms with Crippen LogP contribution in [0.4, 0.5) is 4.79 Å². The number of urea groups is 1. The van der Waals surface area contributed by atoms with Crippen molar-refractivity contribution in [2.75, 3.05) is 19.6 Å². The SMILES string of the molecule is O=C(CN1C(=O)NC2(CCCC2)C1=O)O[C@H](C(=O)N1CCCC1)c1ccccc1. The number of carbonyl (C=O) groups is 4. The summed E-state index contributed by atoms with van der Waals surface area (Å²) >= 11 is 0. The minimum atomic E-state index is -1.08. The maximum atomic E-state index is 12.9. The molecule has 1 aromatic carbocycles. The van der Waals surface area contributed by atoms with Crippen molar-refractivity contribution < 1.29 is 23.9 Å². The maximum absolute atomic E-state index is 12.9. The normalized spacial score (nSPS) is 21.5. The van der Waals surface area contributed by atoms with Crippen molar-refractivity contribution in [1.29, 1.82) is 0 Å². The van der Waals surface area contributed by atoms with Crippen LogP contribution in [0.25, 0.3) is 0 Å². The molecule has 0 bridgehead atoms. The highest BCUT2D eigenvalue weighted by Gasteiger charge is 2.53. The predicted octanol–water partition coefficient (Wildman–Crippen LogP) is 1.76. The zero-order valence-electron chi connectivity index (χ0n) is 16.3. The van der Waals surface area contributed by atoms with Crippen molar-refractivity contribution in [3.63, 3.8) is 0 Å². The van der Waals surface area contributed by atoms with Gasteiger partial charge in [-0.15, -0.1) is 0 Å². The van der Waals surface area contributed by atoms with Crippen LogP contribution in [0.5, 0.6) is 0 Å². The highest BCUT2D eigenvalue weighted by molar-refractivity contribution is 6.08. The molecular weight excluding hydrogens is 374 g/mol. The Labute approximate surface area is 169 Å². The topological polar surface area (TPSA) is 96.0 Å². The third kappa shape index (κ3) is 3.71. The van der Waals surface area contributed by atoms with Gasteiger partial charge in [0.15, 0.2) is 0 Å². The van der Waals surface area contributed by atoms with Crippen LogP contribution in [0.1, 0.15) is 50.2 Å². The molecule has 1 aromatic rings. The average Bonchev–Trinajstić information content (AvgIpc) is 3.46. The van der Waals surface area contributed by atoms with Gasteiger partial charge in [-0.05, 0) is 25.7 Å². The van der Waals surface area contributed by atoms with Crippen molar-refractivity contribution in [2.24, 2.45) is 0 Å². The Morgan fingerprint density at radius 1 is 1.03 bits per heavy atom. The zero-order valence-corrected chi connectivity index (χ0v) is 16.3. The van der Waals surface area contributed by atoms with Gasteiger partial charge in [-0.1, -0.05) is 43.2 Å². The first kappa shape index (κ1) is 19.4. The van der Waals surface area contributed by atoms with Crippen molar-refractivity contribution in [2.45, 2.75) is 50.2 Å². The van der Waals surface area contributed by atoms with Gasteiger partial charge in [0.05, 0.1) is 0 Å². The van der Waals surface area contributed by atoms with Crippen LogP contribution in [-0.4, -0.2) is 58.8 Å². The average molecular weight is 399 g/mol. The molecule has 154 valence electrons. The second kappa shape index (κ2) is 7.85. The van der Waals surface area contributed by atoms with Crippen LogP contribution < -0.4 is 5.32 Å². The van der Waals surface area contributed by atoms with E-state index < -0.39 is 30.2 Å². The monoisotopic (exact) mass is 399 g/mol. The number of esters is 1. The standard InChI is InChI=1S/C21H25N3O5/c25-16(14-24-19(27)21(22-20(24)28)10-4-5-11-21)29-17(15-8-2-1-3-9-15)18(26)23-12-6-7-13-23/h1-3,8-9,17H,4-7,10-14H2,(H,22,28)/t17-/m0/s1. The highest BCUT2D eigenvalue weighted by Crippen LogP contribution is 2.35. The van der Waals surface area contributed by atoms with Gasteiger partial charge >= 0.3 is 12.0 Å². The smallest absolute Gasteiger partial charge is 0.327 e. The lowest BCUT2D eigenvalue weighted by Crippen LogP contribution is -2.44. The summed E-state index contributed by atoms with van der Waals surface area (Å²) in [6.07, 6.45) is 3.67. The number of imide groups is 1. The molecule has 2 saturated heterocycles. The molecule has 1 atom stereocenters. The van der Waals surface area contributed by atoms with Gasteiger partial charge in [-0.25, -0.2) is 4.79 Å². The van der Waals surface area contributed by atoms with Crippen molar-refractivity contribution in [3.05, 3.63) is 35.9 Å². The first-order chi connectivity index (χ1) is 14.0. The fourth-order valence-electron chi connectivity index (χ4n) is 4.43. The number of rotatable bonds is 5. The van der Waals surface area contributed by atoms with E-state index in [2.05, 4.69) is 5.32 Å². The number of nitrogens with one attached hydrogen (secondary N) is 1. The molecule has 0 radical (unpaired) electrons. The summed E-state index contributed by atoms with van der Waals surface area (Å²) in [6.45, 7) is 0.771. The van der Waals surface area contributed by atoms with E-state index >= 15 is 0 Å². The molecule has 3 fully saturated rings. The van der Waals surface area contributed by atoms with Crippen LogP contribution in [0.2, 0.25) is 0 Å². The van der Waals surface area contributed by atoms with Crippen LogP contribution >= 0.6 is 0 Å². The molecule has 29 heavy (non-hydrogen) atoms.